The Hall–Kier alpha value is -3.02. The summed E-state index contributed by atoms with van der Waals surface area (Å²) >= 11 is 0. The highest BCUT2D eigenvalue weighted by atomic mass is 16.5. The quantitative estimate of drug-likeness (QED) is 0.572. The molecule has 1 atom stereocenters. The van der Waals surface area contributed by atoms with E-state index in [2.05, 4.69) is 15.8 Å². The maximum atomic E-state index is 12.3. The van der Waals surface area contributed by atoms with Gasteiger partial charge in [0.2, 0.25) is 0 Å². The highest BCUT2D eigenvalue weighted by molar-refractivity contribution is 5.87. The molecule has 0 radical (unpaired) electrons. The highest BCUT2D eigenvalue weighted by Crippen LogP contribution is 2.26. The summed E-state index contributed by atoms with van der Waals surface area (Å²) in [6, 6.07) is 14.7. The molecule has 0 aliphatic rings. The van der Waals surface area contributed by atoms with Crippen molar-refractivity contribution in [1.82, 2.24) is 5.43 Å². The largest absolute Gasteiger partial charge is 0.493 e. The summed E-state index contributed by atoms with van der Waals surface area (Å²) in [4.78, 5) is 12.3. The minimum atomic E-state index is -0.357. The summed E-state index contributed by atoms with van der Waals surface area (Å²) in [5.41, 5.74) is 4.25. The van der Waals surface area contributed by atoms with Gasteiger partial charge in [0, 0.05) is 5.69 Å². The van der Waals surface area contributed by atoms with Crippen LogP contribution in [0.1, 0.15) is 18.9 Å². The maximum Gasteiger partial charge on any atom is 0.262 e. The van der Waals surface area contributed by atoms with Crippen molar-refractivity contribution in [3.8, 4) is 11.5 Å². The van der Waals surface area contributed by atoms with Crippen molar-refractivity contribution in [3.05, 3.63) is 54.1 Å². The molecule has 2 rings (SSSR count). The standard InChI is InChI=1S/C19H23N3O3/c1-4-16(21-15-8-6-5-7-9-15)19(23)22-20-13-14-10-11-17(24-2)18(12-14)25-3/h5-13,16,21H,4H2,1-3H3,(H,22,23)/b20-13-/t16-/m1/s1. The SMILES string of the molecule is CC[C@@H](Nc1ccccc1)C(=O)N/N=C\c1ccc(OC)c(OC)c1. The van der Waals surface area contributed by atoms with Crippen LogP contribution in [0.4, 0.5) is 5.69 Å². The van der Waals surface area contributed by atoms with Crippen molar-refractivity contribution in [2.75, 3.05) is 19.5 Å². The Morgan fingerprint density at radius 1 is 1.12 bits per heavy atom. The summed E-state index contributed by atoms with van der Waals surface area (Å²) in [6.45, 7) is 1.94. The molecule has 6 heteroatoms. The molecular weight excluding hydrogens is 318 g/mol. The van der Waals surface area contributed by atoms with Crippen LogP contribution in [0.3, 0.4) is 0 Å². The fourth-order valence-corrected chi connectivity index (χ4v) is 2.27. The van der Waals surface area contributed by atoms with Crippen LogP contribution in [0, 0.1) is 0 Å². The van der Waals surface area contributed by atoms with E-state index in [-0.39, 0.29) is 11.9 Å². The monoisotopic (exact) mass is 341 g/mol. The normalized spacial score (nSPS) is 11.8. The molecule has 0 aliphatic carbocycles. The zero-order valence-electron chi connectivity index (χ0n) is 14.7. The number of para-hydroxylation sites is 1. The lowest BCUT2D eigenvalue weighted by Crippen LogP contribution is -2.36. The minimum Gasteiger partial charge on any atom is -0.493 e. The first-order chi connectivity index (χ1) is 12.2. The van der Waals surface area contributed by atoms with Crippen LogP contribution in [0.2, 0.25) is 0 Å². The number of rotatable bonds is 8. The van der Waals surface area contributed by atoms with Crippen LogP contribution in [0.5, 0.6) is 11.5 Å². The summed E-state index contributed by atoms with van der Waals surface area (Å²) in [6.07, 6.45) is 2.21. The van der Waals surface area contributed by atoms with Gasteiger partial charge in [-0.25, -0.2) is 5.43 Å². The van der Waals surface area contributed by atoms with E-state index in [1.807, 2.05) is 43.3 Å². The summed E-state index contributed by atoms with van der Waals surface area (Å²) < 4.78 is 10.4. The number of carbonyl (C=O) groups is 1. The van der Waals surface area contributed by atoms with Gasteiger partial charge in [0.05, 0.1) is 20.4 Å². The van der Waals surface area contributed by atoms with Gasteiger partial charge in [0.25, 0.3) is 5.91 Å². The predicted octanol–water partition coefficient (Wildman–Crippen LogP) is 3.04. The van der Waals surface area contributed by atoms with E-state index in [4.69, 9.17) is 9.47 Å². The summed E-state index contributed by atoms with van der Waals surface area (Å²) in [7, 11) is 3.15. The van der Waals surface area contributed by atoms with Crippen molar-refractivity contribution in [3.63, 3.8) is 0 Å². The molecule has 132 valence electrons. The smallest absolute Gasteiger partial charge is 0.262 e. The number of carbonyl (C=O) groups excluding carboxylic acids is 1. The van der Waals surface area contributed by atoms with Crippen LogP contribution in [-0.4, -0.2) is 32.4 Å². The van der Waals surface area contributed by atoms with Crippen molar-refractivity contribution >= 4 is 17.8 Å². The van der Waals surface area contributed by atoms with E-state index in [1.54, 1.807) is 32.6 Å². The number of hydrogen-bond donors (Lipinski definition) is 2. The number of ether oxygens (including phenoxy) is 2. The summed E-state index contributed by atoms with van der Waals surface area (Å²) in [5.74, 6) is 1.06. The van der Waals surface area contributed by atoms with Gasteiger partial charge in [-0.1, -0.05) is 25.1 Å². The van der Waals surface area contributed by atoms with Crippen molar-refractivity contribution in [2.45, 2.75) is 19.4 Å². The molecule has 0 saturated heterocycles. The molecule has 0 aliphatic heterocycles. The fraction of sp³-hybridized carbons (Fsp3) is 0.263. The van der Waals surface area contributed by atoms with Gasteiger partial charge < -0.3 is 14.8 Å². The number of hydrazone groups is 1. The van der Waals surface area contributed by atoms with Crippen molar-refractivity contribution in [2.24, 2.45) is 5.10 Å². The average molecular weight is 341 g/mol. The number of anilines is 1. The summed E-state index contributed by atoms with van der Waals surface area (Å²) in [5, 5.41) is 7.21. The second-order valence-electron chi connectivity index (χ2n) is 5.32. The van der Waals surface area contributed by atoms with Crippen LogP contribution >= 0.6 is 0 Å². The lowest BCUT2D eigenvalue weighted by atomic mass is 10.2. The Balaban J connectivity index is 1.96. The van der Waals surface area contributed by atoms with E-state index in [9.17, 15) is 4.79 Å². The first-order valence-corrected chi connectivity index (χ1v) is 8.04. The van der Waals surface area contributed by atoms with E-state index in [0.717, 1.165) is 11.3 Å². The molecule has 1 amide bonds. The van der Waals surface area contributed by atoms with Gasteiger partial charge in [0.15, 0.2) is 11.5 Å². The molecule has 0 unspecified atom stereocenters. The Morgan fingerprint density at radius 3 is 2.48 bits per heavy atom. The highest BCUT2D eigenvalue weighted by Gasteiger charge is 2.15. The first kappa shape index (κ1) is 18.3. The van der Waals surface area contributed by atoms with Crippen molar-refractivity contribution in [1.29, 1.82) is 0 Å². The van der Waals surface area contributed by atoms with E-state index in [0.29, 0.717) is 17.9 Å². The van der Waals surface area contributed by atoms with Gasteiger partial charge in [-0.15, -0.1) is 0 Å². The van der Waals surface area contributed by atoms with E-state index in [1.165, 1.54) is 0 Å². The topological polar surface area (TPSA) is 72.0 Å². The van der Waals surface area contributed by atoms with Crippen LogP contribution in [0.25, 0.3) is 0 Å². The molecule has 0 fully saturated rings. The number of hydrogen-bond acceptors (Lipinski definition) is 5. The van der Waals surface area contributed by atoms with Gasteiger partial charge in [-0.05, 0) is 42.3 Å². The number of methoxy groups -OCH3 is 2. The van der Waals surface area contributed by atoms with Crippen LogP contribution in [0.15, 0.2) is 53.6 Å². The lowest BCUT2D eigenvalue weighted by Gasteiger charge is -2.16. The predicted molar refractivity (Wildman–Crippen MR) is 99.4 cm³/mol. The second kappa shape index (κ2) is 9.32. The van der Waals surface area contributed by atoms with E-state index < -0.39 is 0 Å². The average Bonchev–Trinajstić information content (AvgIpc) is 2.66. The van der Waals surface area contributed by atoms with Crippen molar-refractivity contribution < 1.29 is 14.3 Å². The molecule has 0 bridgehead atoms. The molecule has 0 heterocycles. The van der Waals surface area contributed by atoms with Gasteiger partial charge in [-0.2, -0.15) is 5.10 Å². The lowest BCUT2D eigenvalue weighted by molar-refractivity contribution is -0.121. The number of nitrogens with one attached hydrogen (secondary N) is 2. The molecule has 2 aromatic carbocycles. The Kier molecular flexibility index (Phi) is 6.83. The second-order valence-corrected chi connectivity index (χ2v) is 5.32. The molecule has 2 N–H and O–H groups in total. The molecule has 6 nitrogen and oxygen atoms in total. The first-order valence-electron chi connectivity index (χ1n) is 8.04. The number of benzene rings is 2. The molecule has 2 aromatic rings. The van der Waals surface area contributed by atoms with E-state index >= 15 is 0 Å². The molecular formula is C19H23N3O3. The fourth-order valence-electron chi connectivity index (χ4n) is 2.27. The van der Waals surface area contributed by atoms with Crippen LogP contribution in [-0.2, 0) is 4.79 Å². The maximum absolute atomic E-state index is 12.3. The van der Waals surface area contributed by atoms with Gasteiger partial charge in [0.1, 0.15) is 6.04 Å². The van der Waals surface area contributed by atoms with Crippen LogP contribution < -0.4 is 20.2 Å². The molecule has 0 aromatic heterocycles. The number of amides is 1. The Bertz CT molecular complexity index is 717. The van der Waals surface area contributed by atoms with Gasteiger partial charge in [-0.3, -0.25) is 4.79 Å². The molecule has 0 spiro atoms. The third-order valence-electron chi connectivity index (χ3n) is 3.64. The molecule has 0 saturated carbocycles. The molecule has 25 heavy (non-hydrogen) atoms. The van der Waals surface area contributed by atoms with Gasteiger partial charge >= 0.3 is 0 Å². The number of nitrogens with zero attached hydrogens (tertiary/aromatic N) is 1. The third kappa shape index (κ3) is 5.24. The third-order valence-corrected chi connectivity index (χ3v) is 3.64. The Morgan fingerprint density at radius 2 is 1.84 bits per heavy atom. The zero-order valence-corrected chi connectivity index (χ0v) is 14.7. The minimum absolute atomic E-state index is 0.192. The zero-order chi connectivity index (χ0) is 18.1. The Labute approximate surface area is 147 Å².